The lowest BCUT2D eigenvalue weighted by atomic mass is 10.2. The summed E-state index contributed by atoms with van der Waals surface area (Å²) in [6, 6.07) is 6.63. The third-order valence-electron chi connectivity index (χ3n) is 3.14. The van der Waals surface area contributed by atoms with Crippen molar-refractivity contribution in [2.75, 3.05) is 21.7 Å². The van der Waals surface area contributed by atoms with Gasteiger partial charge in [0.05, 0.1) is 5.75 Å². The van der Waals surface area contributed by atoms with Gasteiger partial charge in [-0.05, 0) is 43.0 Å². The summed E-state index contributed by atoms with van der Waals surface area (Å²) < 4.78 is 26.3. The number of anilines is 2. The summed E-state index contributed by atoms with van der Waals surface area (Å²) in [5.74, 6) is 0.338. The number of hydrogen-bond acceptors (Lipinski definition) is 3. The molecule has 0 spiro atoms. The Morgan fingerprint density at radius 3 is 2.38 bits per heavy atom. The summed E-state index contributed by atoms with van der Waals surface area (Å²) in [4.78, 5) is 11.6. The van der Waals surface area contributed by atoms with Crippen molar-refractivity contribution in [2.24, 2.45) is 11.8 Å². The first-order valence-electron chi connectivity index (χ1n) is 6.87. The third kappa shape index (κ3) is 5.21. The highest BCUT2D eigenvalue weighted by Gasteiger charge is 2.29. The summed E-state index contributed by atoms with van der Waals surface area (Å²) in [7, 11) is -3.41. The number of sulfonamides is 1. The second-order valence-corrected chi connectivity index (χ2v) is 7.56. The van der Waals surface area contributed by atoms with Crippen LogP contribution >= 0.6 is 11.6 Å². The van der Waals surface area contributed by atoms with E-state index in [0.29, 0.717) is 17.3 Å². The molecule has 2 rings (SSSR count). The fourth-order valence-electron chi connectivity index (χ4n) is 1.85. The average Bonchev–Trinajstić information content (AvgIpc) is 3.24. The van der Waals surface area contributed by atoms with E-state index in [1.54, 1.807) is 31.2 Å². The highest BCUT2D eigenvalue weighted by Crippen LogP contribution is 2.30. The van der Waals surface area contributed by atoms with Crippen molar-refractivity contribution in [3.05, 3.63) is 24.3 Å². The van der Waals surface area contributed by atoms with Gasteiger partial charge in [0.25, 0.3) is 0 Å². The Labute approximate surface area is 130 Å². The molecule has 21 heavy (non-hydrogen) atoms. The molecule has 1 aliphatic rings. The Morgan fingerprint density at radius 2 is 1.86 bits per heavy atom. The topological polar surface area (TPSA) is 75.3 Å². The first-order valence-corrected chi connectivity index (χ1v) is 9.05. The summed E-state index contributed by atoms with van der Waals surface area (Å²) in [6.45, 7) is 1.78. The number of amides is 1. The van der Waals surface area contributed by atoms with E-state index < -0.39 is 10.0 Å². The van der Waals surface area contributed by atoms with Crippen LogP contribution in [0, 0.1) is 11.8 Å². The van der Waals surface area contributed by atoms with Gasteiger partial charge in [-0.15, -0.1) is 11.6 Å². The van der Waals surface area contributed by atoms with E-state index >= 15 is 0 Å². The molecule has 0 aromatic heterocycles. The maximum absolute atomic E-state index is 11.9. The number of carbonyl (C=O) groups is 1. The van der Waals surface area contributed by atoms with E-state index in [1.165, 1.54) is 0 Å². The van der Waals surface area contributed by atoms with E-state index in [-0.39, 0.29) is 23.5 Å². The average molecular weight is 331 g/mol. The second kappa shape index (κ2) is 6.66. The molecule has 1 aromatic rings. The minimum absolute atomic E-state index is 0.0172. The predicted molar refractivity (Wildman–Crippen MR) is 85.1 cm³/mol. The summed E-state index contributed by atoms with van der Waals surface area (Å²) in [5, 5.41) is 2.80. The molecular weight excluding hydrogens is 312 g/mol. The van der Waals surface area contributed by atoms with Gasteiger partial charge in [0.1, 0.15) is 0 Å². The number of carbonyl (C=O) groups excluding carboxylic acids is 1. The molecule has 0 saturated heterocycles. The molecule has 0 heterocycles. The van der Waals surface area contributed by atoms with Crippen molar-refractivity contribution in [2.45, 2.75) is 19.8 Å². The quantitative estimate of drug-likeness (QED) is 0.755. The normalized spacial score (nSPS) is 16.3. The Morgan fingerprint density at radius 1 is 1.29 bits per heavy atom. The molecule has 1 atom stereocenters. The number of hydrogen-bond donors (Lipinski definition) is 2. The van der Waals surface area contributed by atoms with Gasteiger partial charge in [-0.2, -0.15) is 0 Å². The number of benzene rings is 1. The fraction of sp³-hybridized carbons (Fsp3) is 0.500. The van der Waals surface area contributed by atoms with Gasteiger partial charge in [-0.25, -0.2) is 8.42 Å². The van der Waals surface area contributed by atoms with Gasteiger partial charge in [-0.1, -0.05) is 6.92 Å². The zero-order valence-corrected chi connectivity index (χ0v) is 13.4. The zero-order chi connectivity index (χ0) is 15.5. The minimum Gasteiger partial charge on any atom is -0.326 e. The molecule has 5 nitrogen and oxygen atoms in total. The molecule has 116 valence electrons. The smallest absolute Gasteiger partial charge is 0.233 e. The Bertz CT molecular complexity index is 597. The third-order valence-corrected chi connectivity index (χ3v) is 5.22. The summed E-state index contributed by atoms with van der Waals surface area (Å²) in [6.07, 6.45) is 1.89. The maximum Gasteiger partial charge on any atom is 0.233 e. The molecular formula is C14H19ClN2O3S. The number of nitrogens with one attached hydrogen (secondary N) is 2. The first-order chi connectivity index (χ1) is 9.89. The van der Waals surface area contributed by atoms with Crippen LogP contribution in [-0.4, -0.2) is 26.0 Å². The molecule has 1 saturated carbocycles. The van der Waals surface area contributed by atoms with Crippen molar-refractivity contribution in [1.29, 1.82) is 0 Å². The van der Waals surface area contributed by atoms with Gasteiger partial charge in [0.15, 0.2) is 0 Å². The highest BCUT2D eigenvalue weighted by atomic mass is 35.5. The molecule has 0 bridgehead atoms. The van der Waals surface area contributed by atoms with Crippen LogP contribution < -0.4 is 10.0 Å². The van der Waals surface area contributed by atoms with Gasteiger partial charge >= 0.3 is 0 Å². The monoisotopic (exact) mass is 330 g/mol. The molecule has 0 aliphatic heterocycles. The Balaban J connectivity index is 1.93. The van der Waals surface area contributed by atoms with Gasteiger partial charge < -0.3 is 5.32 Å². The van der Waals surface area contributed by atoms with E-state index in [9.17, 15) is 13.2 Å². The molecule has 1 amide bonds. The molecule has 1 unspecified atom stereocenters. The zero-order valence-electron chi connectivity index (χ0n) is 11.8. The van der Waals surface area contributed by atoms with Crippen molar-refractivity contribution < 1.29 is 13.2 Å². The Kier molecular flexibility index (Phi) is 5.11. The SMILES string of the molecule is CC(CCl)CS(=O)(=O)Nc1ccc(NC(=O)C2CC2)cc1. The fourth-order valence-corrected chi connectivity index (χ4v) is 3.54. The lowest BCUT2D eigenvalue weighted by molar-refractivity contribution is -0.117. The van der Waals surface area contributed by atoms with Crippen LogP contribution in [0.3, 0.4) is 0 Å². The largest absolute Gasteiger partial charge is 0.326 e. The molecule has 7 heteroatoms. The van der Waals surface area contributed by atoms with Gasteiger partial charge in [0, 0.05) is 23.2 Å². The number of rotatable bonds is 7. The molecule has 1 aliphatic carbocycles. The van der Waals surface area contributed by atoms with Crippen LogP contribution in [0.25, 0.3) is 0 Å². The second-order valence-electron chi connectivity index (χ2n) is 5.48. The molecule has 2 N–H and O–H groups in total. The molecule has 0 radical (unpaired) electrons. The summed E-state index contributed by atoms with van der Waals surface area (Å²) in [5.41, 5.74) is 1.14. The predicted octanol–water partition coefficient (Wildman–Crippen LogP) is 2.65. The van der Waals surface area contributed by atoms with Gasteiger partial charge in [0.2, 0.25) is 15.9 Å². The number of alkyl halides is 1. The van der Waals surface area contributed by atoms with Crippen LogP contribution in [0.2, 0.25) is 0 Å². The van der Waals surface area contributed by atoms with Crippen LogP contribution in [0.5, 0.6) is 0 Å². The number of halogens is 1. The van der Waals surface area contributed by atoms with E-state index in [4.69, 9.17) is 11.6 Å². The Hall–Kier alpha value is -1.27. The van der Waals surface area contributed by atoms with Crippen molar-refractivity contribution in [3.8, 4) is 0 Å². The highest BCUT2D eigenvalue weighted by molar-refractivity contribution is 7.92. The maximum atomic E-state index is 11.9. The first kappa shape index (κ1) is 16.1. The van der Waals surface area contributed by atoms with Crippen LogP contribution in [0.4, 0.5) is 11.4 Å². The summed E-state index contributed by atoms with van der Waals surface area (Å²) >= 11 is 5.63. The molecule has 1 aromatic carbocycles. The van der Waals surface area contributed by atoms with Gasteiger partial charge in [-0.3, -0.25) is 9.52 Å². The van der Waals surface area contributed by atoms with Crippen LogP contribution in [0.1, 0.15) is 19.8 Å². The molecule has 1 fully saturated rings. The minimum atomic E-state index is -3.41. The van der Waals surface area contributed by atoms with Crippen molar-refractivity contribution in [1.82, 2.24) is 0 Å². The van der Waals surface area contributed by atoms with Crippen molar-refractivity contribution in [3.63, 3.8) is 0 Å². The van der Waals surface area contributed by atoms with E-state index in [0.717, 1.165) is 12.8 Å². The van der Waals surface area contributed by atoms with Crippen molar-refractivity contribution >= 4 is 38.9 Å². The van der Waals surface area contributed by atoms with Crippen LogP contribution in [-0.2, 0) is 14.8 Å². The lowest BCUT2D eigenvalue weighted by Gasteiger charge is -2.11. The standard InChI is InChI=1S/C14H19ClN2O3S/c1-10(8-15)9-21(19,20)17-13-6-4-12(5-7-13)16-14(18)11-2-3-11/h4-7,10-11,17H,2-3,8-9H2,1H3,(H,16,18). The van der Waals surface area contributed by atoms with E-state index in [1.807, 2.05) is 0 Å². The van der Waals surface area contributed by atoms with Crippen LogP contribution in [0.15, 0.2) is 24.3 Å². The lowest BCUT2D eigenvalue weighted by Crippen LogP contribution is -2.22. The van der Waals surface area contributed by atoms with E-state index in [2.05, 4.69) is 10.0 Å².